The van der Waals surface area contributed by atoms with E-state index >= 15 is 0 Å². The van der Waals surface area contributed by atoms with E-state index in [0.717, 1.165) is 35.3 Å². The molecule has 27 heavy (non-hydrogen) atoms. The lowest BCUT2D eigenvalue weighted by Gasteiger charge is -2.36. The fourth-order valence-corrected chi connectivity index (χ4v) is 5.81. The molecule has 1 N–H and O–H groups in total. The first-order valence-corrected chi connectivity index (χ1v) is 11.8. The Balaban J connectivity index is 1.25. The van der Waals surface area contributed by atoms with E-state index in [1.54, 1.807) is 17.5 Å². The fourth-order valence-electron chi connectivity index (χ4n) is 4.95. The summed E-state index contributed by atoms with van der Waals surface area (Å²) in [6.45, 7) is 6.68. The van der Waals surface area contributed by atoms with Crippen LogP contribution in [0.4, 0.5) is 0 Å². The third-order valence-electron chi connectivity index (χ3n) is 6.42. The van der Waals surface area contributed by atoms with Gasteiger partial charge in [0, 0.05) is 19.1 Å². The van der Waals surface area contributed by atoms with Crippen molar-refractivity contribution >= 4 is 17.2 Å². The molecule has 1 atom stereocenters. The molecule has 3 fully saturated rings. The van der Waals surface area contributed by atoms with Crippen LogP contribution >= 0.6 is 11.3 Å². The number of amides is 1. The highest BCUT2D eigenvalue weighted by atomic mass is 32.1. The molecule has 2 aliphatic heterocycles. The maximum atomic E-state index is 12.7. The van der Waals surface area contributed by atoms with Crippen LogP contribution in [-0.2, 0) is 6.54 Å². The van der Waals surface area contributed by atoms with Gasteiger partial charge in [0.15, 0.2) is 0 Å². The van der Waals surface area contributed by atoms with Gasteiger partial charge in [0.2, 0.25) is 0 Å². The summed E-state index contributed by atoms with van der Waals surface area (Å²) in [5.41, 5.74) is 0. The van der Waals surface area contributed by atoms with Crippen LogP contribution < -0.4 is 5.32 Å². The Labute approximate surface area is 167 Å². The van der Waals surface area contributed by atoms with Gasteiger partial charge in [-0.05, 0) is 64.1 Å². The van der Waals surface area contributed by atoms with E-state index < -0.39 is 0 Å². The summed E-state index contributed by atoms with van der Waals surface area (Å²) in [5, 5.41) is 4.36. The monoisotopic (exact) mass is 390 g/mol. The average molecular weight is 391 g/mol. The minimum absolute atomic E-state index is 0.0738. The summed E-state index contributed by atoms with van der Waals surface area (Å²) < 4.78 is 0. The topological polar surface area (TPSA) is 48.5 Å². The molecule has 6 heteroatoms. The van der Waals surface area contributed by atoms with Crippen LogP contribution in [0.25, 0.3) is 0 Å². The third-order valence-corrected chi connectivity index (χ3v) is 7.40. The Bertz CT molecular complexity index is 607. The number of carbonyl (C=O) groups excluding carboxylic acids is 1. The van der Waals surface area contributed by atoms with Gasteiger partial charge < -0.3 is 10.2 Å². The van der Waals surface area contributed by atoms with Crippen molar-refractivity contribution in [1.82, 2.24) is 20.1 Å². The Hall–Kier alpha value is -0.980. The molecule has 2 saturated heterocycles. The first-order chi connectivity index (χ1) is 13.3. The Morgan fingerprint density at radius 1 is 1.04 bits per heavy atom. The third kappa shape index (κ3) is 5.52. The average Bonchev–Trinajstić information content (AvgIpc) is 3.35. The van der Waals surface area contributed by atoms with Gasteiger partial charge >= 0.3 is 0 Å². The molecule has 0 unspecified atom stereocenters. The Morgan fingerprint density at radius 3 is 2.63 bits per heavy atom. The number of thiazole rings is 1. The fraction of sp³-hybridized carbons (Fsp3) is 0.810. The summed E-state index contributed by atoms with van der Waals surface area (Å²) in [4.78, 5) is 23.0. The second-order valence-electron chi connectivity index (χ2n) is 8.68. The largest absolute Gasteiger partial charge is 0.347 e. The summed E-state index contributed by atoms with van der Waals surface area (Å²) >= 11 is 1.57. The summed E-state index contributed by atoms with van der Waals surface area (Å²) in [6, 6.07) is 0.291. The number of rotatable bonds is 6. The predicted molar refractivity (Wildman–Crippen MR) is 110 cm³/mol. The van der Waals surface area contributed by atoms with Crippen molar-refractivity contribution in [2.24, 2.45) is 5.92 Å². The van der Waals surface area contributed by atoms with Crippen molar-refractivity contribution in [1.29, 1.82) is 0 Å². The highest BCUT2D eigenvalue weighted by Crippen LogP contribution is 2.25. The number of nitrogens with one attached hydrogen (secondary N) is 1. The zero-order chi connectivity index (χ0) is 18.5. The van der Waals surface area contributed by atoms with E-state index in [2.05, 4.69) is 20.1 Å². The Kier molecular flexibility index (Phi) is 6.79. The van der Waals surface area contributed by atoms with Crippen molar-refractivity contribution in [3.8, 4) is 0 Å². The molecular formula is C21H34N4OS. The Morgan fingerprint density at radius 2 is 1.81 bits per heavy atom. The number of hydrogen-bond acceptors (Lipinski definition) is 5. The van der Waals surface area contributed by atoms with Crippen molar-refractivity contribution in [3.05, 3.63) is 16.1 Å². The van der Waals surface area contributed by atoms with E-state index in [4.69, 9.17) is 0 Å². The second kappa shape index (κ2) is 9.48. The van der Waals surface area contributed by atoms with Gasteiger partial charge in [-0.25, -0.2) is 4.98 Å². The molecule has 150 valence electrons. The van der Waals surface area contributed by atoms with E-state index in [0.29, 0.717) is 6.04 Å². The van der Waals surface area contributed by atoms with Gasteiger partial charge in [-0.2, -0.15) is 0 Å². The molecule has 1 aliphatic carbocycles. The highest BCUT2D eigenvalue weighted by Gasteiger charge is 2.25. The molecule has 0 spiro atoms. The maximum Gasteiger partial charge on any atom is 0.263 e. The maximum absolute atomic E-state index is 12.7. The zero-order valence-corrected chi connectivity index (χ0v) is 17.3. The van der Waals surface area contributed by atoms with Crippen LogP contribution in [0.5, 0.6) is 0 Å². The number of piperidine rings is 1. The number of carbonyl (C=O) groups is 1. The van der Waals surface area contributed by atoms with Crippen molar-refractivity contribution in [3.63, 3.8) is 0 Å². The molecule has 3 heterocycles. The lowest BCUT2D eigenvalue weighted by molar-refractivity contribution is 0.0894. The van der Waals surface area contributed by atoms with Gasteiger partial charge in [0.05, 0.1) is 12.7 Å². The van der Waals surface area contributed by atoms with Gasteiger partial charge in [-0.3, -0.25) is 9.69 Å². The molecule has 0 radical (unpaired) electrons. The summed E-state index contributed by atoms with van der Waals surface area (Å²) in [7, 11) is 0. The lowest BCUT2D eigenvalue weighted by Crippen LogP contribution is -2.48. The number of hydrogen-bond donors (Lipinski definition) is 1. The molecule has 0 bridgehead atoms. The molecule has 1 aromatic heterocycles. The number of nitrogens with zero attached hydrogens (tertiary/aromatic N) is 3. The van der Waals surface area contributed by atoms with E-state index in [-0.39, 0.29) is 5.91 Å². The number of likely N-dealkylation sites (tertiary alicyclic amines) is 2. The molecule has 3 aliphatic rings. The number of aromatic nitrogens is 1. The molecule has 0 aromatic carbocycles. The van der Waals surface area contributed by atoms with Gasteiger partial charge in [0.1, 0.15) is 9.88 Å². The first-order valence-electron chi connectivity index (χ1n) is 11.0. The van der Waals surface area contributed by atoms with Crippen LogP contribution in [0.1, 0.15) is 72.5 Å². The highest BCUT2D eigenvalue weighted by molar-refractivity contribution is 7.13. The van der Waals surface area contributed by atoms with Gasteiger partial charge in [0.25, 0.3) is 5.91 Å². The quantitative estimate of drug-likeness (QED) is 0.807. The van der Waals surface area contributed by atoms with Gasteiger partial charge in [-0.15, -0.1) is 11.3 Å². The van der Waals surface area contributed by atoms with Crippen molar-refractivity contribution in [2.45, 2.75) is 70.4 Å². The van der Waals surface area contributed by atoms with Crippen molar-refractivity contribution < 1.29 is 4.79 Å². The van der Waals surface area contributed by atoms with Crippen molar-refractivity contribution in [2.75, 3.05) is 32.7 Å². The zero-order valence-electron chi connectivity index (χ0n) is 16.5. The van der Waals surface area contributed by atoms with Crippen LogP contribution in [0, 0.1) is 5.92 Å². The van der Waals surface area contributed by atoms with Gasteiger partial charge in [-0.1, -0.05) is 19.3 Å². The van der Waals surface area contributed by atoms with E-state index in [9.17, 15) is 4.79 Å². The minimum atomic E-state index is 0.0738. The van der Waals surface area contributed by atoms with E-state index in [1.165, 1.54) is 77.5 Å². The molecule has 5 nitrogen and oxygen atoms in total. The van der Waals surface area contributed by atoms with Crippen LogP contribution in [0.3, 0.4) is 0 Å². The molecule has 1 aromatic rings. The smallest absolute Gasteiger partial charge is 0.263 e. The summed E-state index contributed by atoms with van der Waals surface area (Å²) in [5.74, 6) is 0.951. The second-order valence-corrected chi connectivity index (χ2v) is 9.79. The molecule has 4 rings (SSSR count). The SMILES string of the molecule is O=C(N[C@@H]1CCCN(CC2CCCCC2)C1)c1cnc(CN2CCCC2)s1. The molecule has 1 amide bonds. The first kappa shape index (κ1) is 19.3. The standard InChI is InChI=1S/C21H34N4OS/c26-21(19-13-22-20(27-19)16-24-10-4-5-11-24)23-18-9-6-12-25(15-18)14-17-7-2-1-3-8-17/h13,17-18H,1-12,14-16H2,(H,23,26)/t18-/m1/s1. The van der Waals surface area contributed by atoms with Crippen LogP contribution in [-0.4, -0.2) is 59.5 Å². The minimum Gasteiger partial charge on any atom is -0.347 e. The predicted octanol–water partition coefficient (Wildman–Crippen LogP) is 3.51. The lowest BCUT2D eigenvalue weighted by atomic mass is 9.88. The molecule has 1 saturated carbocycles. The molecular weight excluding hydrogens is 356 g/mol. The van der Waals surface area contributed by atoms with Crippen LogP contribution in [0.2, 0.25) is 0 Å². The summed E-state index contributed by atoms with van der Waals surface area (Å²) in [6.07, 6.45) is 13.7. The normalized spacial score (nSPS) is 25.7. The van der Waals surface area contributed by atoms with Crippen LogP contribution in [0.15, 0.2) is 6.20 Å². The van der Waals surface area contributed by atoms with E-state index in [1.807, 2.05) is 0 Å².